The molecule has 3 atom stereocenters. The number of rotatable bonds is 6. The van der Waals surface area contributed by atoms with E-state index in [1.54, 1.807) is 18.8 Å². The summed E-state index contributed by atoms with van der Waals surface area (Å²) < 4.78 is 16.0. The van der Waals surface area contributed by atoms with E-state index in [4.69, 9.17) is 13.3 Å². The minimum absolute atomic E-state index is 0.521. The number of aromatic nitrogens is 3. The molecule has 3 fully saturated rings. The van der Waals surface area contributed by atoms with Gasteiger partial charge in [0, 0.05) is 54.9 Å². The molecule has 258 valence electrons. The molecule has 9 heteroatoms. The Bertz CT molecular complexity index is 2110. The first-order valence-electron chi connectivity index (χ1n) is 17.7. The summed E-state index contributed by atoms with van der Waals surface area (Å²) in [5.74, 6) is 0. The molecule has 3 aliphatic heterocycles. The average Bonchev–Trinajstić information content (AvgIpc) is 3.94. The van der Waals surface area contributed by atoms with Crippen molar-refractivity contribution >= 4 is 51.5 Å². The second-order valence-corrected chi connectivity index (χ2v) is 13.5. The van der Waals surface area contributed by atoms with Crippen molar-refractivity contribution in [3.63, 3.8) is 0 Å². The highest BCUT2D eigenvalue weighted by Crippen LogP contribution is 2.25. The van der Waals surface area contributed by atoms with E-state index < -0.39 is 0 Å². The van der Waals surface area contributed by atoms with Gasteiger partial charge in [0.25, 0.3) is 0 Å². The van der Waals surface area contributed by atoms with E-state index in [-0.39, 0.29) is 0 Å². The maximum Gasteiger partial charge on any atom is 0.152 e. The zero-order valence-electron chi connectivity index (χ0n) is 29.1. The zero-order valence-corrected chi connectivity index (χ0v) is 29.1. The first kappa shape index (κ1) is 33.7. The molecule has 0 aromatic carbocycles. The van der Waals surface area contributed by atoms with Crippen molar-refractivity contribution in [1.29, 1.82) is 0 Å². The van der Waals surface area contributed by atoms with Crippen LogP contribution in [-0.2, 0) is 0 Å². The first-order valence-corrected chi connectivity index (χ1v) is 17.7. The topological polar surface area (TPSA) is 105 Å². The van der Waals surface area contributed by atoms with Crippen LogP contribution in [0.25, 0.3) is 51.5 Å². The minimum atomic E-state index is 0.521. The highest BCUT2D eigenvalue weighted by atomic mass is 16.3. The molecule has 50 heavy (non-hydrogen) atoms. The highest BCUT2D eigenvalue weighted by molar-refractivity contribution is 5.76. The molecule has 0 saturated carbocycles. The van der Waals surface area contributed by atoms with Crippen LogP contribution in [0.5, 0.6) is 0 Å². The predicted octanol–water partition coefficient (Wildman–Crippen LogP) is 8.51. The van der Waals surface area contributed by atoms with E-state index in [2.05, 4.69) is 81.8 Å². The van der Waals surface area contributed by atoms with Gasteiger partial charge in [-0.05, 0) is 108 Å². The van der Waals surface area contributed by atoms with E-state index in [0.717, 1.165) is 63.1 Å². The van der Waals surface area contributed by atoms with E-state index >= 15 is 0 Å². The summed E-state index contributed by atoms with van der Waals surface area (Å²) in [6.07, 6.45) is 25.7. The smallest absolute Gasteiger partial charge is 0.152 e. The molecule has 0 bridgehead atoms. The van der Waals surface area contributed by atoms with Gasteiger partial charge in [0.1, 0.15) is 16.6 Å². The third-order valence-corrected chi connectivity index (χ3v) is 9.80. The van der Waals surface area contributed by atoms with Gasteiger partial charge in [-0.15, -0.1) is 0 Å². The fourth-order valence-electron chi connectivity index (χ4n) is 6.82. The maximum atomic E-state index is 5.38. The van der Waals surface area contributed by atoms with Crippen molar-refractivity contribution in [3.8, 4) is 0 Å². The maximum absolute atomic E-state index is 5.38. The first-order chi connectivity index (χ1) is 24.5. The largest absolute Gasteiger partial charge is 0.463 e. The summed E-state index contributed by atoms with van der Waals surface area (Å²) in [7, 11) is 2.20. The van der Waals surface area contributed by atoms with Crippen LogP contribution in [0, 0.1) is 0 Å². The summed E-state index contributed by atoms with van der Waals surface area (Å²) in [6.45, 7) is 7.82. The number of likely N-dealkylation sites (N-methyl/N-ethyl adjacent to an activating group) is 1. The molecule has 0 spiro atoms. The zero-order chi connectivity index (χ0) is 34.3. The molecule has 9 heterocycles. The molecule has 3 saturated heterocycles. The number of hydrogen-bond donors (Lipinski definition) is 2. The van der Waals surface area contributed by atoms with Crippen molar-refractivity contribution < 1.29 is 13.3 Å². The number of fused-ring (bicyclic) bond motifs is 3. The highest BCUT2D eigenvalue weighted by Gasteiger charge is 2.22. The van der Waals surface area contributed by atoms with Crippen molar-refractivity contribution in [3.05, 3.63) is 108 Å². The Balaban J connectivity index is 0.000000118. The molecule has 0 aliphatic carbocycles. The van der Waals surface area contributed by atoms with Gasteiger partial charge in [0.05, 0.1) is 18.8 Å². The Morgan fingerprint density at radius 1 is 0.700 bits per heavy atom. The third kappa shape index (κ3) is 8.30. The van der Waals surface area contributed by atoms with E-state index in [1.807, 2.05) is 48.9 Å². The van der Waals surface area contributed by atoms with E-state index in [0.29, 0.717) is 18.1 Å². The van der Waals surface area contributed by atoms with Crippen LogP contribution in [0.15, 0.2) is 104 Å². The number of pyridine rings is 3. The summed E-state index contributed by atoms with van der Waals surface area (Å²) >= 11 is 0. The second-order valence-electron chi connectivity index (χ2n) is 13.5. The predicted molar refractivity (Wildman–Crippen MR) is 201 cm³/mol. The normalized spacial score (nSPS) is 21.4. The van der Waals surface area contributed by atoms with Crippen LogP contribution in [0.1, 0.15) is 62.6 Å². The second kappa shape index (κ2) is 15.8. The van der Waals surface area contributed by atoms with Crippen LogP contribution in [0.3, 0.4) is 0 Å². The van der Waals surface area contributed by atoms with Crippen LogP contribution in [0.2, 0.25) is 0 Å². The van der Waals surface area contributed by atoms with Gasteiger partial charge in [0.2, 0.25) is 0 Å². The third-order valence-electron chi connectivity index (χ3n) is 9.80. The number of nitrogens with one attached hydrogen (secondary N) is 2. The Hall–Kier alpha value is -4.83. The van der Waals surface area contributed by atoms with Crippen molar-refractivity contribution in [1.82, 2.24) is 30.5 Å². The van der Waals surface area contributed by atoms with Gasteiger partial charge in [-0.1, -0.05) is 35.5 Å². The van der Waals surface area contributed by atoms with Crippen molar-refractivity contribution in [2.24, 2.45) is 0 Å². The average molecular weight is 671 g/mol. The van der Waals surface area contributed by atoms with Crippen LogP contribution < -0.4 is 10.6 Å². The molecular weight excluding hydrogens is 624 g/mol. The van der Waals surface area contributed by atoms with Crippen molar-refractivity contribution in [2.75, 3.05) is 26.7 Å². The molecule has 6 aromatic rings. The molecule has 6 aromatic heterocycles. The van der Waals surface area contributed by atoms with Crippen LogP contribution >= 0.6 is 0 Å². The summed E-state index contributed by atoms with van der Waals surface area (Å²) in [5.41, 5.74) is 11.4. The Morgan fingerprint density at radius 2 is 1.26 bits per heavy atom. The Morgan fingerprint density at radius 3 is 1.76 bits per heavy atom. The number of furan rings is 3. The molecule has 2 N–H and O–H groups in total. The molecular formula is C41H46N6O3. The van der Waals surface area contributed by atoms with Gasteiger partial charge in [-0.25, -0.2) is 0 Å². The van der Waals surface area contributed by atoms with Gasteiger partial charge in [0.15, 0.2) is 16.7 Å². The van der Waals surface area contributed by atoms with Crippen LogP contribution in [0.4, 0.5) is 0 Å². The van der Waals surface area contributed by atoms with Gasteiger partial charge in [-0.2, -0.15) is 0 Å². The number of hydrogen-bond acceptors (Lipinski definition) is 9. The molecule has 3 unspecified atom stereocenters. The molecule has 0 radical (unpaired) electrons. The standard InChI is InChI=1S/C15H18N2O.2C13H14N2O/c1-11(14-4-3-6-17(14)2)8-12-9-15-13(16-10-12)5-7-18-15;1-9(11-2-4-14-11)6-10-7-13-12(15-8-10)3-5-16-13;1-2-11(14-6-1)4-3-10-8-13-12(15-9-10)5-7-16-13/h5,7-10,14H,3-4,6H2,1-2H3;3,5-8,11,14H,2,4H2,1H3;3-5,7-9,11,14H,1-2,6H2. The number of nitrogens with zero attached hydrogens (tertiary/aromatic N) is 4. The van der Waals surface area contributed by atoms with Gasteiger partial charge in [-0.3, -0.25) is 19.9 Å². The summed E-state index contributed by atoms with van der Waals surface area (Å²) in [4.78, 5) is 15.5. The Kier molecular flexibility index (Phi) is 10.6. The van der Waals surface area contributed by atoms with Crippen LogP contribution in [-0.4, -0.2) is 64.7 Å². The Labute approximate surface area is 293 Å². The summed E-state index contributed by atoms with van der Waals surface area (Å²) in [6, 6.07) is 13.4. The minimum Gasteiger partial charge on any atom is -0.463 e. The fourth-order valence-corrected chi connectivity index (χ4v) is 6.82. The molecule has 0 amide bonds. The van der Waals surface area contributed by atoms with E-state index in [9.17, 15) is 0 Å². The van der Waals surface area contributed by atoms with E-state index in [1.165, 1.54) is 49.8 Å². The lowest BCUT2D eigenvalue weighted by atomic mass is 9.98. The lowest BCUT2D eigenvalue weighted by Gasteiger charge is -2.28. The molecule has 9 rings (SSSR count). The SMILES string of the molecule is C(=CC1CCCN1)c1cnc2ccoc2c1.CC(=Cc1cnc2ccoc2c1)C1CCCN1C.CC(=Cc1cnc2ccoc2c1)C1CCN1. The van der Waals surface area contributed by atoms with Gasteiger partial charge < -0.3 is 23.9 Å². The quantitative estimate of drug-likeness (QED) is 0.180. The molecule has 3 aliphatic rings. The monoisotopic (exact) mass is 670 g/mol. The fraction of sp³-hybridized carbons (Fsp3) is 0.341. The number of likely N-dealkylation sites (tertiary alicyclic amines) is 1. The lowest BCUT2D eigenvalue weighted by molar-refractivity contribution is 0.346. The lowest BCUT2D eigenvalue weighted by Crippen LogP contribution is -2.43. The summed E-state index contributed by atoms with van der Waals surface area (Å²) in [5, 5.41) is 6.81. The van der Waals surface area contributed by atoms with Crippen molar-refractivity contribution in [2.45, 2.75) is 64.1 Å². The van der Waals surface area contributed by atoms with Gasteiger partial charge >= 0.3 is 0 Å². The molecule has 9 nitrogen and oxygen atoms in total.